The first kappa shape index (κ1) is 17.1. The molecule has 1 aromatic carbocycles. The van der Waals surface area contributed by atoms with Crippen LogP contribution in [0.15, 0.2) is 30.3 Å². The standard InChI is InChI=1S/C18H23ClN2O3/c19-10-17(22)20-9-8-15(11-20)12-21(16-6-7-16)18(23)24-13-14-4-2-1-3-5-14/h1-5,15-16H,6-13H2. The number of alkyl halides is 1. The minimum absolute atomic E-state index is 0.0243. The zero-order valence-corrected chi connectivity index (χ0v) is 14.5. The summed E-state index contributed by atoms with van der Waals surface area (Å²) >= 11 is 5.62. The molecule has 1 saturated carbocycles. The van der Waals surface area contributed by atoms with Gasteiger partial charge in [0.1, 0.15) is 12.5 Å². The Hall–Kier alpha value is -1.75. The predicted molar refractivity (Wildman–Crippen MR) is 91.8 cm³/mol. The molecule has 1 heterocycles. The lowest BCUT2D eigenvalue weighted by Crippen LogP contribution is -2.39. The zero-order chi connectivity index (χ0) is 16.9. The summed E-state index contributed by atoms with van der Waals surface area (Å²) in [5, 5.41) is 0. The first-order chi connectivity index (χ1) is 11.7. The van der Waals surface area contributed by atoms with Crippen molar-refractivity contribution in [2.75, 3.05) is 25.5 Å². The van der Waals surface area contributed by atoms with Gasteiger partial charge >= 0.3 is 6.09 Å². The van der Waals surface area contributed by atoms with Crippen molar-refractivity contribution in [3.63, 3.8) is 0 Å². The molecule has 0 radical (unpaired) electrons. The van der Waals surface area contributed by atoms with Gasteiger partial charge in [0.15, 0.2) is 0 Å². The number of likely N-dealkylation sites (tertiary alicyclic amines) is 1. The van der Waals surface area contributed by atoms with Crippen molar-refractivity contribution >= 4 is 23.6 Å². The maximum absolute atomic E-state index is 12.5. The second-order valence-electron chi connectivity index (χ2n) is 6.55. The smallest absolute Gasteiger partial charge is 0.410 e. The van der Waals surface area contributed by atoms with Gasteiger partial charge in [-0.25, -0.2) is 4.79 Å². The van der Waals surface area contributed by atoms with Crippen LogP contribution in [0.2, 0.25) is 0 Å². The van der Waals surface area contributed by atoms with Crippen LogP contribution in [0.3, 0.4) is 0 Å². The SMILES string of the molecule is O=C(CCl)N1CCC(CN(C(=O)OCc2ccccc2)C2CC2)C1. The quantitative estimate of drug-likeness (QED) is 0.741. The highest BCUT2D eigenvalue weighted by molar-refractivity contribution is 6.27. The Morgan fingerprint density at radius 1 is 1.21 bits per heavy atom. The highest BCUT2D eigenvalue weighted by Crippen LogP contribution is 2.30. The lowest BCUT2D eigenvalue weighted by molar-refractivity contribution is -0.127. The third kappa shape index (κ3) is 4.41. The lowest BCUT2D eigenvalue weighted by atomic mass is 10.1. The van der Waals surface area contributed by atoms with Crippen molar-refractivity contribution in [3.8, 4) is 0 Å². The number of halogens is 1. The molecule has 1 aliphatic carbocycles. The van der Waals surface area contributed by atoms with Crippen LogP contribution < -0.4 is 0 Å². The van der Waals surface area contributed by atoms with Crippen molar-refractivity contribution < 1.29 is 14.3 Å². The summed E-state index contributed by atoms with van der Waals surface area (Å²) in [6.45, 7) is 2.36. The molecule has 2 fully saturated rings. The molecule has 1 saturated heterocycles. The van der Waals surface area contributed by atoms with Crippen molar-refractivity contribution in [2.24, 2.45) is 5.92 Å². The molecule has 1 atom stereocenters. The molecule has 0 N–H and O–H groups in total. The summed E-state index contributed by atoms with van der Waals surface area (Å²) in [5.74, 6) is 0.309. The molecule has 3 rings (SSSR count). The molecule has 0 bridgehead atoms. The van der Waals surface area contributed by atoms with Crippen LogP contribution in [-0.2, 0) is 16.1 Å². The number of carbonyl (C=O) groups excluding carboxylic acids is 2. The Bertz CT molecular complexity index is 577. The Morgan fingerprint density at radius 3 is 2.62 bits per heavy atom. The predicted octanol–water partition coefficient (Wildman–Crippen LogP) is 2.87. The summed E-state index contributed by atoms with van der Waals surface area (Å²) in [7, 11) is 0. The van der Waals surface area contributed by atoms with Gasteiger partial charge in [0, 0.05) is 25.7 Å². The molecule has 5 nitrogen and oxygen atoms in total. The van der Waals surface area contributed by atoms with Crippen molar-refractivity contribution in [3.05, 3.63) is 35.9 Å². The van der Waals surface area contributed by atoms with Crippen LogP contribution in [-0.4, -0.2) is 53.4 Å². The van der Waals surface area contributed by atoms with Crippen LogP contribution in [0.5, 0.6) is 0 Å². The molecule has 1 aliphatic heterocycles. The van der Waals surface area contributed by atoms with Gasteiger partial charge in [0.2, 0.25) is 5.91 Å². The Morgan fingerprint density at radius 2 is 1.96 bits per heavy atom. The molecule has 24 heavy (non-hydrogen) atoms. The van der Waals surface area contributed by atoms with Crippen LogP contribution in [0.4, 0.5) is 4.79 Å². The number of ether oxygens (including phenoxy) is 1. The van der Waals surface area contributed by atoms with E-state index in [4.69, 9.17) is 16.3 Å². The molecular weight excluding hydrogens is 328 g/mol. The molecule has 1 aromatic rings. The van der Waals surface area contributed by atoms with Gasteiger partial charge in [-0.2, -0.15) is 0 Å². The van der Waals surface area contributed by atoms with Crippen LogP contribution in [0.1, 0.15) is 24.8 Å². The fraction of sp³-hybridized carbons (Fsp3) is 0.556. The van der Waals surface area contributed by atoms with Crippen molar-refractivity contribution in [2.45, 2.75) is 31.9 Å². The van der Waals surface area contributed by atoms with E-state index in [1.54, 1.807) is 4.90 Å². The fourth-order valence-electron chi connectivity index (χ4n) is 3.13. The summed E-state index contributed by atoms with van der Waals surface area (Å²) in [5.41, 5.74) is 0.987. The first-order valence-electron chi connectivity index (χ1n) is 8.48. The third-order valence-corrected chi connectivity index (χ3v) is 4.86. The summed E-state index contributed by atoms with van der Waals surface area (Å²) in [4.78, 5) is 27.8. The molecule has 0 spiro atoms. The summed E-state index contributed by atoms with van der Waals surface area (Å²) in [6, 6.07) is 10.00. The van der Waals surface area contributed by atoms with Gasteiger partial charge in [-0.05, 0) is 30.7 Å². The van der Waals surface area contributed by atoms with E-state index in [0.29, 0.717) is 31.7 Å². The van der Waals surface area contributed by atoms with E-state index >= 15 is 0 Å². The largest absolute Gasteiger partial charge is 0.445 e. The van der Waals surface area contributed by atoms with E-state index in [0.717, 1.165) is 31.4 Å². The van der Waals surface area contributed by atoms with E-state index < -0.39 is 0 Å². The van der Waals surface area contributed by atoms with Gasteiger partial charge in [-0.15, -0.1) is 11.6 Å². The second kappa shape index (κ2) is 7.88. The number of carbonyl (C=O) groups is 2. The molecular formula is C18H23ClN2O3. The minimum Gasteiger partial charge on any atom is -0.445 e. The topological polar surface area (TPSA) is 49.9 Å². The number of benzene rings is 1. The summed E-state index contributed by atoms with van der Waals surface area (Å²) in [6.07, 6.45) is 2.75. The highest BCUT2D eigenvalue weighted by atomic mass is 35.5. The lowest BCUT2D eigenvalue weighted by Gasteiger charge is -2.25. The first-order valence-corrected chi connectivity index (χ1v) is 9.02. The van der Waals surface area contributed by atoms with Crippen LogP contribution >= 0.6 is 11.6 Å². The van der Waals surface area contributed by atoms with Gasteiger partial charge in [0.05, 0.1) is 0 Å². The third-order valence-electron chi connectivity index (χ3n) is 4.64. The molecule has 2 aliphatic rings. The van der Waals surface area contributed by atoms with Gasteiger partial charge in [0.25, 0.3) is 0 Å². The zero-order valence-electron chi connectivity index (χ0n) is 13.7. The monoisotopic (exact) mass is 350 g/mol. The Kier molecular flexibility index (Phi) is 5.61. The van der Waals surface area contributed by atoms with Gasteiger partial charge in [-0.1, -0.05) is 30.3 Å². The number of amides is 2. The fourth-order valence-corrected chi connectivity index (χ4v) is 3.30. The molecule has 6 heteroatoms. The van der Waals surface area contributed by atoms with E-state index in [-0.39, 0.29) is 17.9 Å². The normalized spacial score (nSPS) is 20.0. The van der Waals surface area contributed by atoms with Crippen molar-refractivity contribution in [1.29, 1.82) is 0 Å². The Balaban J connectivity index is 1.51. The van der Waals surface area contributed by atoms with Gasteiger partial charge in [-0.3, -0.25) is 4.79 Å². The summed E-state index contributed by atoms with van der Waals surface area (Å²) < 4.78 is 5.48. The second-order valence-corrected chi connectivity index (χ2v) is 6.82. The Labute approximate surface area is 147 Å². The number of hydrogen-bond donors (Lipinski definition) is 0. The maximum atomic E-state index is 12.5. The van der Waals surface area contributed by atoms with Crippen molar-refractivity contribution in [1.82, 2.24) is 9.80 Å². The molecule has 130 valence electrons. The average Bonchev–Trinajstić information content (AvgIpc) is 3.35. The highest BCUT2D eigenvalue weighted by Gasteiger charge is 2.37. The van der Waals surface area contributed by atoms with Crippen LogP contribution in [0.25, 0.3) is 0 Å². The number of nitrogens with zero attached hydrogens (tertiary/aromatic N) is 2. The van der Waals surface area contributed by atoms with E-state index in [1.807, 2.05) is 35.2 Å². The van der Waals surface area contributed by atoms with Crippen LogP contribution in [0, 0.1) is 5.92 Å². The molecule has 0 aromatic heterocycles. The minimum atomic E-state index is -0.247. The number of rotatable bonds is 6. The number of hydrogen-bond acceptors (Lipinski definition) is 3. The maximum Gasteiger partial charge on any atom is 0.410 e. The van der Waals surface area contributed by atoms with E-state index in [9.17, 15) is 9.59 Å². The molecule has 1 unspecified atom stereocenters. The van der Waals surface area contributed by atoms with E-state index in [2.05, 4.69) is 0 Å². The van der Waals surface area contributed by atoms with Gasteiger partial charge < -0.3 is 14.5 Å². The van der Waals surface area contributed by atoms with E-state index in [1.165, 1.54) is 0 Å². The average molecular weight is 351 g/mol. The molecule has 2 amide bonds.